The van der Waals surface area contributed by atoms with E-state index in [-0.39, 0.29) is 30.5 Å². The van der Waals surface area contributed by atoms with Crippen LogP contribution in [0.15, 0.2) is 96.4 Å². The van der Waals surface area contributed by atoms with E-state index < -0.39 is 10.0 Å². The van der Waals surface area contributed by atoms with Crippen LogP contribution in [0, 0.1) is 0 Å². The maximum absolute atomic E-state index is 13.5. The summed E-state index contributed by atoms with van der Waals surface area (Å²) >= 11 is 0. The van der Waals surface area contributed by atoms with E-state index in [0.29, 0.717) is 6.42 Å². The summed E-state index contributed by atoms with van der Waals surface area (Å²) in [4.78, 5) is 15.6. The summed E-state index contributed by atoms with van der Waals surface area (Å²) in [5, 5.41) is 4.22. The number of sulfonamides is 1. The minimum absolute atomic E-state index is 0.00462. The Hall–Kier alpha value is -3.82. The van der Waals surface area contributed by atoms with Gasteiger partial charge in [0.1, 0.15) is 0 Å². The smallest absolute Gasteiger partial charge is 0.305 e. The number of esters is 1. The van der Waals surface area contributed by atoms with Crippen molar-refractivity contribution in [2.24, 2.45) is 0 Å². The maximum atomic E-state index is 13.5. The second kappa shape index (κ2) is 11.1. The van der Waals surface area contributed by atoms with Crippen molar-refractivity contribution in [3.05, 3.63) is 108 Å². The van der Waals surface area contributed by atoms with Gasteiger partial charge in [0, 0.05) is 38.1 Å². The van der Waals surface area contributed by atoms with Crippen LogP contribution in [-0.4, -0.2) is 40.6 Å². The van der Waals surface area contributed by atoms with E-state index in [4.69, 9.17) is 4.74 Å². The SMILES string of the molecule is COC(=O)CCc1cccc(CN(Cc2ccc(-n3cccn3)cc2)S(=O)(=O)c2ccccn2)c1. The van der Waals surface area contributed by atoms with Gasteiger partial charge in [-0.15, -0.1) is 0 Å². The lowest BCUT2D eigenvalue weighted by atomic mass is 10.1. The molecule has 2 aromatic carbocycles. The third-order valence-electron chi connectivity index (χ3n) is 5.50. The fourth-order valence-electron chi connectivity index (χ4n) is 3.67. The molecular weight excluding hydrogens is 464 g/mol. The fourth-order valence-corrected chi connectivity index (χ4v) is 5.02. The molecule has 0 aliphatic rings. The fraction of sp³-hybridized carbons (Fsp3) is 0.192. The average molecular weight is 491 g/mol. The van der Waals surface area contributed by atoms with Crippen molar-refractivity contribution in [1.29, 1.82) is 0 Å². The molecule has 0 saturated heterocycles. The molecule has 8 nitrogen and oxygen atoms in total. The van der Waals surface area contributed by atoms with Crippen LogP contribution in [0.4, 0.5) is 0 Å². The molecular formula is C26H26N4O4S. The first-order valence-electron chi connectivity index (χ1n) is 11.1. The molecule has 0 atom stereocenters. The van der Waals surface area contributed by atoms with Crippen molar-refractivity contribution < 1.29 is 17.9 Å². The highest BCUT2D eigenvalue weighted by Gasteiger charge is 2.26. The monoisotopic (exact) mass is 490 g/mol. The van der Waals surface area contributed by atoms with Gasteiger partial charge >= 0.3 is 5.97 Å². The van der Waals surface area contributed by atoms with Crippen molar-refractivity contribution in [2.45, 2.75) is 31.0 Å². The number of nitrogens with zero attached hydrogens (tertiary/aromatic N) is 4. The van der Waals surface area contributed by atoms with Gasteiger partial charge < -0.3 is 4.74 Å². The highest BCUT2D eigenvalue weighted by Crippen LogP contribution is 2.21. The zero-order valence-corrected chi connectivity index (χ0v) is 20.1. The Morgan fingerprint density at radius 2 is 1.69 bits per heavy atom. The molecule has 0 spiro atoms. The molecule has 180 valence electrons. The van der Waals surface area contributed by atoms with Crippen LogP contribution in [0.25, 0.3) is 5.69 Å². The molecule has 35 heavy (non-hydrogen) atoms. The Bertz CT molecular complexity index is 1360. The summed E-state index contributed by atoms with van der Waals surface area (Å²) in [7, 11) is -2.50. The third-order valence-corrected chi connectivity index (χ3v) is 7.21. The van der Waals surface area contributed by atoms with E-state index in [1.165, 1.54) is 23.7 Å². The van der Waals surface area contributed by atoms with Crippen LogP contribution in [0.2, 0.25) is 0 Å². The van der Waals surface area contributed by atoms with Crippen molar-refractivity contribution in [3.63, 3.8) is 0 Å². The molecule has 4 aromatic rings. The summed E-state index contributed by atoms with van der Waals surface area (Å²) < 4.78 is 34.9. The van der Waals surface area contributed by atoms with Crippen molar-refractivity contribution >= 4 is 16.0 Å². The van der Waals surface area contributed by atoms with Crippen molar-refractivity contribution in [2.75, 3.05) is 7.11 Å². The van der Waals surface area contributed by atoms with Gasteiger partial charge in [-0.3, -0.25) is 4.79 Å². The lowest BCUT2D eigenvalue weighted by molar-refractivity contribution is -0.140. The van der Waals surface area contributed by atoms with Crippen molar-refractivity contribution in [3.8, 4) is 5.69 Å². The molecule has 0 amide bonds. The number of carbonyl (C=O) groups excluding carboxylic acids is 1. The standard InChI is InChI=1S/C26H26N4O4S/c1-34-26(31)14-11-21-6-4-7-23(18-21)20-29(35(32,33)25-8-2-3-15-27-25)19-22-9-12-24(13-10-22)30-17-5-16-28-30/h2-10,12-13,15-18H,11,14,19-20H2,1H3. The average Bonchev–Trinajstić information content (AvgIpc) is 3.43. The first kappa shape index (κ1) is 24.3. The number of hydrogen-bond donors (Lipinski definition) is 0. The van der Waals surface area contributed by atoms with E-state index in [1.54, 1.807) is 23.0 Å². The minimum Gasteiger partial charge on any atom is -0.469 e. The van der Waals surface area contributed by atoms with Gasteiger partial charge in [-0.1, -0.05) is 42.5 Å². The highest BCUT2D eigenvalue weighted by molar-refractivity contribution is 7.89. The second-order valence-electron chi connectivity index (χ2n) is 7.95. The van der Waals surface area contributed by atoms with E-state index in [1.807, 2.05) is 60.8 Å². The predicted octanol–water partition coefficient (Wildman–Crippen LogP) is 3.76. The Kier molecular flexibility index (Phi) is 7.69. The molecule has 0 unspecified atom stereocenters. The van der Waals surface area contributed by atoms with E-state index in [9.17, 15) is 13.2 Å². The normalized spacial score (nSPS) is 11.5. The topological polar surface area (TPSA) is 94.4 Å². The minimum atomic E-state index is -3.86. The number of aromatic nitrogens is 3. The van der Waals surface area contributed by atoms with E-state index >= 15 is 0 Å². The lowest BCUT2D eigenvalue weighted by Crippen LogP contribution is -2.31. The number of carbonyl (C=O) groups is 1. The number of rotatable bonds is 10. The summed E-state index contributed by atoms with van der Waals surface area (Å²) in [6, 6.07) is 21.9. The van der Waals surface area contributed by atoms with Crippen LogP contribution in [0.3, 0.4) is 0 Å². The molecule has 0 N–H and O–H groups in total. The van der Waals surface area contributed by atoms with Gasteiger partial charge in [-0.05, 0) is 53.4 Å². The lowest BCUT2D eigenvalue weighted by Gasteiger charge is -2.22. The summed E-state index contributed by atoms with van der Waals surface area (Å²) in [5.74, 6) is -0.284. The van der Waals surface area contributed by atoms with Crippen LogP contribution in [-0.2, 0) is 39.1 Å². The van der Waals surface area contributed by atoms with Gasteiger partial charge in [0.25, 0.3) is 10.0 Å². The highest BCUT2D eigenvalue weighted by atomic mass is 32.2. The van der Waals surface area contributed by atoms with E-state index in [0.717, 1.165) is 22.4 Å². The van der Waals surface area contributed by atoms with Gasteiger partial charge in [0.05, 0.1) is 12.8 Å². The second-order valence-corrected chi connectivity index (χ2v) is 9.84. The quantitative estimate of drug-likeness (QED) is 0.314. The number of pyridine rings is 1. The molecule has 0 fully saturated rings. The molecule has 9 heteroatoms. The van der Waals surface area contributed by atoms with Gasteiger partial charge in [-0.2, -0.15) is 9.40 Å². The number of ether oxygens (including phenoxy) is 1. The Balaban J connectivity index is 1.59. The largest absolute Gasteiger partial charge is 0.469 e. The Labute approximate surface area is 204 Å². The Morgan fingerprint density at radius 3 is 2.37 bits per heavy atom. The van der Waals surface area contributed by atoms with Gasteiger partial charge in [-0.25, -0.2) is 18.1 Å². The summed E-state index contributed by atoms with van der Waals surface area (Å²) in [5.41, 5.74) is 3.48. The molecule has 0 radical (unpaired) electrons. The molecule has 4 rings (SSSR count). The van der Waals surface area contributed by atoms with Crippen LogP contribution in [0.5, 0.6) is 0 Å². The summed E-state index contributed by atoms with van der Waals surface area (Å²) in [6.45, 7) is 0.330. The molecule has 0 aliphatic heterocycles. The third kappa shape index (κ3) is 6.20. The zero-order chi connectivity index (χ0) is 24.7. The predicted molar refractivity (Wildman–Crippen MR) is 131 cm³/mol. The van der Waals surface area contributed by atoms with Gasteiger partial charge in [0.2, 0.25) is 0 Å². The first-order valence-corrected chi connectivity index (χ1v) is 12.5. The molecule has 2 aromatic heterocycles. The van der Waals surface area contributed by atoms with Crippen LogP contribution >= 0.6 is 0 Å². The summed E-state index contributed by atoms with van der Waals surface area (Å²) in [6.07, 6.45) is 5.80. The number of benzene rings is 2. The Morgan fingerprint density at radius 1 is 0.914 bits per heavy atom. The van der Waals surface area contributed by atoms with Crippen LogP contribution in [0.1, 0.15) is 23.1 Å². The molecule has 0 bridgehead atoms. The number of hydrogen-bond acceptors (Lipinski definition) is 6. The first-order chi connectivity index (χ1) is 17.0. The number of aryl methyl sites for hydroxylation is 1. The number of methoxy groups -OCH3 is 1. The van der Waals surface area contributed by atoms with Crippen molar-refractivity contribution in [1.82, 2.24) is 19.1 Å². The molecule has 2 heterocycles. The molecule has 0 aliphatic carbocycles. The molecule has 0 saturated carbocycles. The van der Waals surface area contributed by atoms with Gasteiger partial charge in [0.15, 0.2) is 5.03 Å². The zero-order valence-electron chi connectivity index (χ0n) is 19.3. The van der Waals surface area contributed by atoms with E-state index in [2.05, 4.69) is 10.1 Å². The van der Waals surface area contributed by atoms with Crippen LogP contribution < -0.4 is 0 Å². The maximum Gasteiger partial charge on any atom is 0.305 e.